The first kappa shape index (κ1) is 18.2. The molecule has 1 amide bonds. The van der Waals surface area contributed by atoms with Gasteiger partial charge in [0.25, 0.3) is 5.91 Å². The normalized spacial score (nSPS) is 20.2. The van der Waals surface area contributed by atoms with Crippen LogP contribution in [0.4, 0.5) is 11.9 Å². The van der Waals surface area contributed by atoms with Crippen molar-refractivity contribution < 1.29 is 9.21 Å². The van der Waals surface area contributed by atoms with Crippen LogP contribution in [0.5, 0.6) is 0 Å². The number of furan rings is 1. The average Bonchev–Trinajstić information content (AvgIpc) is 3.11. The molecule has 26 heavy (non-hydrogen) atoms. The van der Waals surface area contributed by atoms with Crippen molar-refractivity contribution in [3.8, 4) is 0 Å². The number of piperidine rings is 1. The second kappa shape index (κ2) is 7.72. The first-order chi connectivity index (χ1) is 12.5. The molecular weight excluding hydrogens is 332 g/mol. The van der Waals surface area contributed by atoms with Crippen LogP contribution in [0.1, 0.15) is 49.1 Å². The van der Waals surface area contributed by atoms with Gasteiger partial charge in [0, 0.05) is 32.0 Å². The molecule has 3 heterocycles. The zero-order chi connectivity index (χ0) is 18.7. The summed E-state index contributed by atoms with van der Waals surface area (Å²) in [5.74, 6) is 2.46. The van der Waals surface area contributed by atoms with Gasteiger partial charge in [-0.05, 0) is 18.4 Å². The Balaban J connectivity index is 1.74. The highest BCUT2D eigenvalue weighted by molar-refractivity contribution is 5.95. The van der Waals surface area contributed by atoms with E-state index in [0.29, 0.717) is 48.4 Å². The average molecular weight is 358 g/mol. The first-order valence-corrected chi connectivity index (χ1v) is 9.14. The molecule has 2 aromatic heterocycles. The van der Waals surface area contributed by atoms with Crippen molar-refractivity contribution in [2.75, 3.05) is 23.7 Å². The molecule has 3 rings (SSSR count). The van der Waals surface area contributed by atoms with E-state index in [2.05, 4.69) is 32.1 Å². The molecule has 0 aromatic carbocycles. The maximum atomic E-state index is 12.6. The van der Waals surface area contributed by atoms with E-state index < -0.39 is 0 Å². The number of nitrogens with two attached hydrogens (primary N) is 1. The summed E-state index contributed by atoms with van der Waals surface area (Å²) in [4.78, 5) is 27.6. The van der Waals surface area contributed by atoms with Crippen molar-refractivity contribution in [3.05, 3.63) is 29.5 Å². The number of nitrogen functional groups attached to an aromatic ring is 1. The van der Waals surface area contributed by atoms with Crippen LogP contribution in [0.2, 0.25) is 0 Å². The second-order valence-corrected chi connectivity index (χ2v) is 6.67. The molecule has 0 bridgehead atoms. The Morgan fingerprint density at radius 3 is 2.88 bits per heavy atom. The molecule has 2 atom stereocenters. The van der Waals surface area contributed by atoms with Gasteiger partial charge >= 0.3 is 0 Å². The van der Waals surface area contributed by atoms with Gasteiger partial charge in [-0.25, -0.2) is 0 Å². The van der Waals surface area contributed by atoms with E-state index in [1.807, 2.05) is 13.8 Å². The lowest BCUT2D eigenvalue weighted by atomic mass is 9.93. The minimum atomic E-state index is -0.0984. The molecule has 140 valence electrons. The molecule has 0 radical (unpaired) electrons. The molecule has 0 saturated carbocycles. The predicted molar refractivity (Wildman–Crippen MR) is 99.0 cm³/mol. The number of anilines is 2. The van der Waals surface area contributed by atoms with Crippen LogP contribution in [0, 0.1) is 5.92 Å². The lowest BCUT2D eigenvalue weighted by Gasteiger charge is -2.37. The predicted octanol–water partition coefficient (Wildman–Crippen LogP) is 1.82. The number of nitrogens with zero attached hydrogens (tertiary/aromatic N) is 4. The molecule has 2 unspecified atom stereocenters. The topological polar surface area (TPSA) is 110 Å². The highest BCUT2D eigenvalue weighted by atomic mass is 16.3. The van der Waals surface area contributed by atoms with Gasteiger partial charge in [0.05, 0.1) is 11.8 Å². The highest BCUT2D eigenvalue weighted by Crippen LogP contribution is 2.22. The number of carbonyl (C=O) groups excluding carboxylic acids is 1. The summed E-state index contributed by atoms with van der Waals surface area (Å²) in [6.45, 7) is 7.57. The van der Waals surface area contributed by atoms with Crippen LogP contribution >= 0.6 is 0 Å². The van der Waals surface area contributed by atoms with Gasteiger partial charge in [0.15, 0.2) is 0 Å². The fraction of sp³-hybridized carbons (Fsp3) is 0.556. The van der Waals surface area contributed by atoms with Gasteiger partial charge in [-0.3, -0.25) is 4.79 Å². The summed E-state index contributed by atoms with van der Waals surface area (Å²) in [6.07, 6.45) is 3.88. The number of hydrogen-bond donors (Lipinski definition) is 2. The molecule has 2 aromatic rings. The molecule has 8 nitrogen and oxygen atoms in total. The molecule has 1 saturated heterocycles. The van der Waals surface area contributed by atoms with Gasteiger partial charge in [-0.15, -0.1) is 0 Å². The van der Waals surface area contributed by atoms with Crippen LogP contribution in [0.3, 0.4) is 0 Å². The molecule has 1 aliphatic heterocycles. The smallest absolute Gasteiger partial charge is 0.255 e. The Hall–Kier alpha value is -2.64. The van der Waals surface area contributed by atoms with Crippen molar-refractivity contribution in [2.45, 2.75) is 46.1 Å². The maximum absolute atomic E-state index is 12.6. The summed E-state index contributed by atoms with van der Waals surface area (Å²) in [6, 6.07) is 1.72. The summed E-state index contributed by atoms with van der Waals surface area (Å²) in [7, 11) is 0. The first-order valence-electron chi connectivity index (χ1n) is 9.14. The molecule has 1 fully saturated rings. The summed E-state index contributed by atoms with van der Waals surface area (Å²) >= 11 is 0. The van der Waals surface area contributed by atoms with Crippen LogP contribution in [-0.2, 0) is 12.8 Å². The van der Waals surface area contributed by atoms with Crippen LogP contribution in [0.25, 0.3) is 0 Å². The molecule has 8 heteroatoms. The third-order valence-corrected chi connectivity index (χ3v) is 4.87. The second-order valence-electron chi connectivity index (χ2n) is 6.67. The van der Waals surface area contributed by atoms with E-state index in [9.17, 15) is 4.79 Å². The Labute approximate surface area is 153 Å². The number of rotatable bonds is 5. The summed E-state index contributed by atoms with van der Waals surface area (Å²) in [5.41, 5.74) is 6.42. The van der Waals surface area contributed by atoms with Crippen LogP contribution < -0.4 is 16.0 Å². The lowest BCUT2D eigenvalue weighted by molar-refractivity contribution is 0.0917. The zero-order valence-corrected chi connectivity index (χ0v) is 15.5. The van der Waals surface area contributed by atoms with Gasteiger partial charge in [0.1, 0.15) is 11.6 Å². The minimum absolute atomic E-state index is 0.000998. The number of nitrogens with one attached hydrogen (secondary N) is 1. The summed E-state index contributed by atoms with van der Waals surface area (Å²) in [5, 5.41) is 3.15. The molecule has 3 N–H and O–H groups in total. The Morgan fingerprint density at radius 1 is 1.35 bits per heavy atom. The van der Waals surface area contributed by atoms with E-state index in [0.717, 1.165) is 13.0 Å². The zero-order valence-electron chi connectivity index (χ0n) is 15.5. The van der Waals surface area contributed by atoms with E-state index in [4.69, 9.17) is 10.2 Å². The van der Waals surface area contributed by atoms with Gasteiger partial charge in [-0.2, -0.15) is 15.0 Å². The van der Waals surface area contributed by atoms with E-state index in [-0.39, 0.29) is 17.9 Å². The summed E-state index contributed by atoms with van der Waals surface area (Å²) < 4.78 is 5.37. The third kappa shape index (κ3) is 3.79. The van der Waals surface area contributed by atoms with Crippen molar-refractivity contribution in [3.63, 3.8) is 0 Å². The van der Waals surface area contributed by atoms with Crippen molar-refractivity contribution in [2.24, 2.45) is 5.92 Å². The quantitative estimate of drug-likeness (QED) is 0.838. The Kier molecular flexibility index (Phi) is 5.39. The van der Waals surface area contributed by atoms with E-state index in [1.54, 1.807) is 12.3 Å². The van der Waals surface area contributed by atoms with E-state index >= 15 is 0 Å². The number of hydrogen-bond acceptors (Lipinski definition) is 7. The van der Waals surface area contributed by atoms with Crippen molar-refractivity contribution in [1.82, 2.24) is 20.3 Å². The highest BCUT2D eigenvalue weighted by Gasteiger charge is 2.30. The lowest BCUT2D eigenvalue weighted by Crippen LogP contribution is -2.52. The number of amides is 1. The maximum Gasteiger partial charge on any atom is 0.255 e. The van der Waals surface area contributed by atoms with Crippen LogP contribution in [-0.4, -0.2) is 40.0 Å². The molecule has 0 aliphatic carbocycles. The van der Waals surface area contributed by atoms with Gasteiger partial charge in [-0.1, -0.05) is 20.8 Å². The number of carbonyl (C=O) groups is 1. The van der Waals surface area contributed by atoms with Gasteiger partial charge < -0.3 is 20.4 Å². The van der Waals surface area contributed by atoms with Crippen molar-refractivity contribution in [1.29, 1.82) is 0 Å². The molecule has 1 aliphatic rings. The molecular formula is C18H26N6O2. The van der Waals surface area contributed by atoms with E-state index in [1.165, 1.54) is 0 Å². The minimum Gasteiger partial charge on any atom is -0.469 e. The van der Waals surface area contributed by atoms with Gasteiger partial charge in [0.2, 0.25) is 11.9 Å². The van der Waals surface area contributed by atoms with Crippen molar-refractivity contribution >= 4 is 17.8 Å². The third-order valence-electron chi connectivity index (χ3n) is 4.87. The molecule has 0 spiro atoms. The fourth-order valence-electron chi connectivity index (χ4n) is 3.23. The SMILES string of the molecule is CCc1nc(N)nc(N2CCC(C)C(NC(=O)c3ccoc3CC)C2)n1. The monoisotopic (exact) mass is 358 g/mol. The Morgan fingerprint density at radius 2 is 2.15 bits per heavy atom. The number of aromatic nitrogens is 3. The fourth-order valence-corrected chi connectivity index (χ4v) is 3.23. The van der Waals surface area contributed by atoms with Crippen LogP contribution in [0.15, 0.2) is 16.7 Å². The number of aryl methyl sites for hydroxylation is 2. The largest absolute Gasteiger partial charge is 0.469 e. The standard InChI is InChI=1S/C18H26N6O2/c1-4-14-12(7-9-26-14)16(25)20-13-10-24(8-6-11(13)3)18-22-15(5-2)21-17(19)23-18/h7,9,11,13H,4-6,8,10H2,1-3H3,(H,20,25)(H2,19,21,22,23). The Bertz CT molecular complexity index is 775.